The summed E-state index contributed by atoms with van der Waals surface area (Å²) in [5.74, 6) is 0.140. The van der Waals surface area contributed by atoms with Gasteiger partial charge in [0, 0.05) is 12.0 Å². The molecule has 2 rings (SSSR count). The molecule has 1 aliphatic carbocycles. The van der Waals surface area contributed by atoms with Crippen LogP contribution in [0, 0.1) is 0 Å². The molecule has 0 atom stereocenters. The molecule has 1 saturated carbocycles. The van der Waals surface area contributed by atoms with Crippen LogP contribution in [0.25, 0.3) is 0 Å². The minimum Gasteiger partial charge on any atom is -0.390 e. The zero-order chi connectivity index (χ0) is 11.4. The lowest BCUT2D eigenvalue weighted by molar-refractivity contribution is 0.0358. The fraction of sp³-hybridized carbons (Fsp3) is 0.500. The number of Topliss-reactive ketones (excluding diaryl/α,β-unsaturated/α-hetero) is 1. The van der Waals surface area contributed by atoms with E-state index in [0.717, 1.165) is 31.2 Å². The van der Waals surface area contributed by atoms with E-state index in [0.29, 0.717) is 12.8 Å². The molecule has 2 heteroatoms. The second kappa shape index (κ2) is 4.79. The lowest BCUT2D eigenvalue weighted by Gasteiger charge is -2.21. The van der Waals surface area contributed by atoms with E-state index in [1.165, 1.54) is 0 Å². The van der Waals surface area contributed by atoms with Crippen LogP contribution in [0.15, 0.2) is 30.3 Å². The summed E-state index contributed by atoms with van der Waals surface area (Å²) in [4.78, 5) is 11.8. The van der Waals surface area contributed by atoms with Crippen LogP contribution >= 0.6 is 0 Å². The van der Waals surface area contributed by atoms with Gasteiger partial charge in [0.15, 0.2) is 5.78 Å². The maximum atomic E-state index is 11.8. The van der Waals surface area contributed by atoms with E-state index in [1.54, 1.807) is 0 Å². The van der Waals surface area contributed by atoms with E-state index < -0.39 is 5.60 Å². The zero-order valence-electron chi connectivity index (χ0n) is 9.48. The topological polar surface area (TPSA) is 37.3 Å². The summed E-state index contributed by atoms with van der Waals surface area (Å²) >= 11 is 0. The third-order valence-corrected chi connectivity index (χ3v) is 3.45. The fourth-order valence-electron chi connectivity index (χ4n) is 2.40. The Labute approximate surface area is 96.3 Å². The summed E-state index contributed by atoms with van der Waals surface area (Å²) in [6.07, 6.45) is 4.97. The number of aliphatic hydroxyl groups is 1. The van der Waals surface area contributed by atoms with E-state index in [-0.39, 0.29) is 5.78 Å². The van der Waals surface area contributed by atoms with Crippen LogP contribution in [0.4, 0.5) is 0 Å². The van der Waals surface area contributed by atoms with Crippen molar-refractivity contribution >= 4 is 5.78 Å². The fourth-order valence-corrected chi connectivity index (χ4v) is 2.40. The number of carbonyl (C=O) groups excluding carboxylic acids is 1. The molecule has 16 heavy (non-hydrogen) atoms. The monoisotopic (exact) mass is 218 g/mol. The van der Waals surface area contributed by atoms with Crippen LogP contribution in [0.3, 0.4) is 0 Å². The summed E-state index contributed by atoms with van der Waals surface area (Å²) in [7, 11) is 0. The summed E-state index contributed by atoms with van der Waals surface area (Å²) < 4.78 is 0. The van der Waals surface area contributed by atoms with Crippen LogP contribution < -0.4 is 0 Å². The van der Waals surface area contributed by atoms with Crippen LogP contribution in [0.1, 0.15) is 48.9 Å². The molecule has 0 bridgehead atoms. The minimum absolute atomic E-state index is 0.140. The quantitative estimate of drug-likeness (QED) is 0.789. The van der Waals surface area contributed by atoms with Gasteiger partial charge in [0.2, 0.25) is 0 Å². The number of hydrogen-bond acceptors (Lipinski definition) is 2. The average molecular weight is 218 g/mol. The van der Waals surface area contributed by atoms with Gasteiger partial charge < -0.3 is 5.11 Å². The van der Waals surface area contributed by atoms with E-state index >= 15 is 0 Å². The predicted molar refractivity (Wildman–Crippen MR) is 63.4 cm³/mol. The van der Waals surface area contributed by atoms with Crippen LogP contribution in [0.2, 0.25) is 0 Å². The van der Waals surface area contributed by atoms with Gasteiger partial charge in [0.05, 0.1) is 5.60 Å². The van der Waals surface area contributed by atoms with E-state index in [2.05, 4.69) is 0 Å². The van der Waals surface area contributed by atoms with E-state index in [1.807, 2.05) is 30.3 Å². The molecule has 0 radical (unpaired) electrons. The Morgan fingerprint density at radius 1 is 1.19 bits per heavy atom. The Morgan fingerprint density at radius 3 is 2.44 bits per heavy atom. The highest BCUT2D eigenvalue weighted by Crippen LogP contribution is 2.33. The van der Waals surface area contributed by atoms with Crippen molar-refractivity contribution in [3.8, 4) is 0 Å². The molecular formula is C14H18O2. The van der Waals surface area contributed by atoms with Gasteiger partial charge >= 0.3 is 0 Å². The van der Waals surface area contributed by atoms with Gasteiger partial charge in [0.25, 0.3) is 0 Å². The Balaban J connectivity index is 1.89. The molecule has 0 amide bonds. The minimum atomic E-state index is -0.565. The summed E-state index contributed by atoms with van der Waals surface area (Å²) in [5, 5.41) is 10.1. The average Bonchev–Trinajstić information content (AvgIpc) is 2.75. The molecule has 1 fully saturated rings. The first-order valence-corrected chi connectivity index (χ1v) is 6.00. The van der Waals surface area contributed by atoms with E-state index in [4.69, 9.17) is 0 Å². The Morgan fingerprint density at radius 2 is 1.81 bits per heavy atom. The first-order chi connectivity index (χ1) is 7.70. The largest absolute Gasteiger partial charge is 0.390 e. The van der Waals surface area contributed by atoms with E-state index in [9.17, 15) is 9.90 Å². The molecule has 0 spiro atoms. The lowest BCUT2D eigenvalue weighted by Crippen LogP contribution is -2.24. The molecule has 1 aliphatic rings. The van der Waals surface area contributed by atoms with Crippen molar-refractivity contribution in [1.82, 2.24) is 0 Å². The summed E-state index contributed by atoms with van der Waals surface area (Å²) in [5.41, 5.74) is 0.189. The van der Waals surface area contributed by atoms with Crippen molar-refractivity contribution < 1.29 is 9.90 Å². The number of ketones is 1. The second-order valence-corrected chi connectivity index (χ2v) is 4.72. The second-order valence-electron chi connectivity index (χ2n) is 4.72. The number of benzene rings is 1. The van der Waals surface area contributed by atoms with Crippen molar-refractivity contribution in [2.45, 2.75) is 44.1 Å². The Hall–Kier alpha value is -1.15. The van der Waals surface area contributed by atoms with Gasteiger partial charge in [-0.2, -0.15) is 0 Å². The van der Waals surface area contributed by atoms with Crippen molar-refractivity contribution in [3.63, 3.8) is 0 Å². The number of rotatable bonds is 4. The maximum Gasteiger partial charge on any atom is 0.162 e. The maximum absolute atomic E-state index is 11.8. The SMILES string of the molecule is O=C(CCC1(O)CCCC1)c1ccccc1. The van der Waals surface area contributed by atoms with Gasteiger partial charge in [-0.1, -0.05) is 43.2 Å². The highest BCUT2D eigenvalue weighted by Gasteiger charge is 2.31. The van der Waals surface area contributed by atoms with Crippen LogP contribution in [-0.4, -0.2) is 16.5 Å². The first-order valence-electron chi connectivity index (χ1n) is 6.00. The molecule has 0 unspecified atom stereocenters. The van der Waals surface area contributed by atoms with Gasteiger partial charge in [0.1, 0.15) is 0 Å². The molecule has 0 heterocycles. The number of carbonyl (C=O) groups is 1. The molecule has 1 aromatic rings. The third-order valence-electron chi connectivity index (χ3n) is 3.45. The highest BCUT2D eigenvalue weighted by molar-refractivity contribution is 5.95. The smallest absolute Gasteiger partial charge is 0.162 e. The molecule has 2 nitrogen and oxygen atoms in total. The van der Waals surface area contributed by atoms with Gasteiger partial charge in [-0.25, -0.2) is 0 Å². The zero-order valence-corrected chi connectivity index (χ0v) is 9.48. The van der Waals surface area contributed by atoms with Gasteiger partial charge in [-0.05, 0) is 19.3 Å². The number of hydrogen-bond donors (Lipinski definition) is 1. The molecule has 0 aromatic heterocycles. The standard InChI is InChI=1S/C14H18O2/c15-13(12-6-2-1-3-7-12)8-11-14(16)9-4-5-10-14/h1-3,6-7,16H,4-5,8-11H2. The first kappa shape index (κ1) is 11.3. The van der Waals surface area contributed by atoms with Crippen molar-refractivity contribution in [2.24, 2.45) is 0 Å². The molecule has 86 valence electrons. The summed E-state index contributed by atoms with van der Waals surface area (Å²) in [6, 6.07) is 9.32. The predicted octanol–water partition coefficient (Wildman–Crippen LogP) is 2.95. The van der Waals surface area contributed by atoms with Gasteiger partial charge in [-0.3, -0.25) is 4.79 Å². The molecular weight excluding hydrogens is 200 g/mol. The molecule has 0 saturated heterocycles. The highest BCUT2D eigenvalue weighted by atomic mass is 16.3. The van der Waals surface area contributed by atoms with Crippen LogP contribution in [-0.2, 0) is 0 Å². The molecule has 0 aliphatic heterocycles. The van der Waals surface area contributed by atoms with Crippen molar-refractivity contribution in [3.05, 3.63) is 35.9 Å². The molecule has 1 aromatic carbocycles. The Bertz CT molecular complexity index is 350. The molecule has 1 N–H and O–H groups in total. The summed E-state index contributed by atoms with van der Waals surface area (Å²) in [6.45, 7) is 0. The lowest BCUT2D eigenvalue weighted by atomic mass is 9.93. The van der Waals surface area contributed by atoms with Crippen molar-refractivity contribution in [1.29, 1.82) is 0 Å². The van der Waals surface area contributed by atoms with Crippen molar-refractivity contribution in [2.75, 3.05) is 0 Å². The Kier molecular flexibility index (Phi) is 3.39. The normalized spacial score (nSPS) is 18.6. The third kappa shape index (κ3) is 2.70. The van der Waals surface area contributed by atoms with Gasteiger partial charge in [-0.15, -0.1) is 0 Å². The van der Waals surface area contributed by atoms with Crippen LogP contribution in [0.5, 0.6) is 0 Å².